The SMILES string of the molecule is COc1ncnc2ccc(N3CCN(C(=O)c4onc5c4CCCC5)CC3)cc12. The maximum Gasteiger partial charge on any atom is 0.292 e. The molecule has 0 radical (unpaired) electrons. The van der Waals surface area contributed by atoms with E-state index in [1.54, 1.807) is 7.11 Å². The average Bonchev–Trinajstić information content (AvgIpc) is 3.22. The van der Waals surface area contributed by atoms with Gasteiger partial charge in [0.05, 0.1) is 23.7 Å². The number of fused-ring (bicyclic) bond motifs is 2. The van der Waals surface area contributed by atoms with Gasteiger partial charge in [0, 0.05) is 37.4 Å². The molecule has 29 heavy (non-hydrogen) atoms. The first kappa shape index (κ1) is 17.9. The Balaban J connectivity index is 1.31. The van der Waals surface area contributed by atoms with Crippen molar-refractivity contribution < 1.29 is 14.1 Å². The number of carbonyl (C=O) groups is 1. The number of amides is 1. The van der Waals surface area contributed by atoms with Gasteiger partial charge in [0.15, 0.2) is 0 Å². The van der Waals surface area contributed by atoms with Crippen LogP contribution < -0.4 is 9.64 Å². The highest BCUT2D eigenvalue weighted by atomic mass is 16.5. The molecule has 3 heterocycles. The van der Waals surface area contributed by atoms with Gasteiger partial charge in [-0.15, -0.1) is 0 Å². The summed E-state index contributed by atoms with van der Waals surface area (Å²) in [5, 5.41) is 5.01. The predicted octanol–water partition coefficient (Wildman–Crippen LogP) is 2.47. The Labute approximate surface area is 168 Å². The predicted molar refractivity (Wildman–Crippen MR) is 107 cm³/mol. The van der Waals surface area contributed by atoms with Gasteiger partial charge >= 0.3 is 0 Å². The van der Waals surface area contributed by atoms with E-state index in [9.17, 15) is 4.79 Å². The Kier molecular flexibility index (Phi) is 4.54. The third-order valence-corrected chi connectivity index (χ3v) is 5.86. The molecule has 0 saturated carbocycles. The van der Waals surface area contributed by atoms with Crippen LogP contribution in [0.2, 0.25) is 0 Å². The number of hydrogen-bond acceptors (Lipinski definition) is 7. The summed E-state index contributed by atoms with van der Waals surface area (Å²) in [5.41, 5.74) is 3.91. The number of hydrogen-bond donors (Lipinski definition) is 0. The highest BCUT2D eigenvalue weighted by molar-refractivity contribution is 5.93. The summed E-state index contributed by atoms with van der Waals surface area (Å²) in [4.78, 5) is 25.6. The molecule has 0 atom stereocenters. The molecular formula is C21H23N5O3. The average molecular weight is 393 g/mol. The number of anilines is 1. The van der Waals surface area contributed by atoms with Crippen LogP contribution in [0, 0.1) is 0 Å². The Morgan fingerprint density at radius 3 is 2.76 bits per heavy atom. The van der Waals surface area contributed by atoms with Crippen molar-refractivity contribution >= 4 is 22.5 Å². The van der Waals surface area contributed by atoms with Crippen molar-refractivity contribution in [3.05, 3.63) is 41.5 Å². The second kappa shape index (κ2) is 7.35. The summed E-state index contributed by atoms with van der Waals surface area (Å²) in [6.07, 6.45) is 5.52. The summed E-state index contributed by atoms with van der Waals surface area (Å²) in [6.45, 7) is 2.80. The van der Waals surface area contributed by atoms with E-state index in [1.165, 1.54) is 6.33 Å². The van der Waals surface area contributed by atoms with Gasteiger partial charge in [0.2, 0.25) is 11.6 Å². The molecule has 0 bridgehead atoms. The normalized spacial score (nSPS) is 16.7. The molecule has 1 aliphatic carbocycles. The van der Waals surface area contributed by atoms with E-state index in [1.807, 2.05) is 11.0 Å². The van der Waals surface area contributed by atoms with Crippen LogP contribution in [0.15, 0.2) is 29.0 Å². The van der Waals surface area contributed by atoms with Crippen LogP contribution in [0.5, 0.6) is 5.88 Å². The molecule has 1 saturated heterocycles. The largest absolute Gasteiger partial charge is 0.480 e. The molecule has 0 N–H and O–H groups in total. The third kappa shape index (κ3) is 3.18. The first-order valence-corrected chi connectivity index (χ1v) is 10.0. The quantitative estimate of drug-likeness (QED) is 0.676. The molecule has 1 aromatic carbocycles. The zero-order valence-corrected chi connectivity index (χ0v) is 16.4. The van der Waals surface area contributed by atoms with Crippen molar-refractivity contribution in [1.82, 2.24) is 20.0 Å². The van der Waals surface area contributed by atoms with E-state index in [4.69, 9.17) is 9.26 Å². The van der Waals surface area contributed by atoms with E-state index in [-0.39, 0.29) is 5.91 Å². The molecule has 5 rings (SSSR count). The minimum absolute atomic E-state index is 0.0334. The Morgan fingerprint density at radius 1 is 1.10 bits per heavy atom. The van der Waals surface area contributed by atoms with Crippen molar-refractivity contribution in [2.45, 2.75) is 25.7 Å². The summed E-state index contributed by atoms with van der Waals surface area (Å²) in [5.74, 6) is 0.982. The van der Waals surface area contributed by atoms with E-state index in [2.05, 4.69) is 32.2 Å². The first-order chi connectivity index (χ1) is 14.2. The van der Waals surface area contributed by atoms with Crippen LogP contribution >= 0.6 is 0 Å². The van der Waals surface area contributed by atoms with Gasteiger partial charge in [-0.1, -0.05) is 5.16 Å². The zero-order valence-electron chi connectivity index (χ0n) is 16.4. The summed E-state index contributed by atoms with van der Waals surface area (Å²) in [7, 11) is 1.61. The van der Waals surface area contributed by atoms with Gasteiger partial charge in [-0.25, -0.2) is 9.97 Å². The number of aryl methyl sites for hydroxylation is 1. The van der Waals surface area contributed by atoms with Crippen LogP contribution in [0.4, 0.5) is 5.69 Å². The number of ether oxygens (including phenoxy) is 1. The molecule has 150 valence electrons. The van der Waals surface area contributed by atoms with Crippen LogP contribution in [-0.4, -0.2) is 59.2 Å². The maximum atomic E-state index is 13.0. The zero-order chi connectivity index (χ0) is 19.8. The highest BCUT2D eigenvalue weighted by Crippen LogP contribution is 2.28. The molecule has 2 aromatic heterocycles. The summed E-state index contributed by atoms with van der Waals surface area (Å²) >= 11 is 0. The van der Waals surface area contributed by atoms with Gasteiger partial charge < -0.3 is 19.1 Å². The standard InChI is InChI=1S/C21H23N5O3/c1-28-20-16-12-14(6-7-17(16)22-13-23-20)25-8-10-26(11-9-25)21(27)19-15-4-2-3-5-18(15)24-29-19/h6-7,12-13H,2-5,8-11H2,1H3. The lowest BCUT2D eigenvalue weighted by atomic mass is 9.96. The maximum absolute atomic E-state index is 13.0. The fraction of sp³-hybridized carbons (Fsp3) is 0.429. The molecule has 1 amide bonds. The smallest absolute Gasteiger partial charge is 0.292 e. The first-order valence-electron chi connectivity index (χ1n) is 10.0. The molecule has 3 aromatic rings. The molecule has 1 fully saturated rings. The van der Waals surface area contributed by atoms with Crippen LogP contribution in [0.3, 0.4) is 0 Å². The second-order valence-corrected chi connectivity index (χ2v) is 7.51. The van der Waals surface area contributed by atoms with Crippen molar-refractivity contribution in [1.29, 1.82) is 0 Å². The molecule has 8 nitrogen and oxygen atoms in total. The van der Waals surface area contributed by atoms with Gasteiger partial charge in [-0.2, -0.15) is 0 Å². The van der Waals surface area contributed by atoms with Crippen molar-refractivity contribution in [3.8, 4) is 5.88 Å². The molecule has 0 spiro atoms. The minimum atomic E-state index is -0.0334. The van der Waals surface area contributed by atoms with Crippen LogP contribution in [-0.2, 0) is 12.8 Å². The number of benzene rings is 1. The number of methoxy groups -OCH3 is 1. The summed E-state index contributed by atoms with van der Waals surface area (Å²) < 4.78 is 10.8. The van der Waals surface area contributed by atoms with Crippen LogP contribution in [0.25, 0.3) is 10.9 Å². The number of rotatable bonds is 3. The molecular weight excluding hydrogens is 370 g/mol. The molecule has 0 unspecified atom stereocenters. The molecule has 2 aliphatic rings. The van der Waals surface area contributed by atoms with Gasteiger partial charge in [0.1, 0.15) is 6.33 Å². The van der Waals surface area contributed by atoms with E-state index < -0.39 is 0 Å². The van der Waals surface area contributed by atoms with Gasteiger partial charge in [0.25, 0.3) is 5.91 Å². The summed E-state index contributed by atoms with van der Waals surface area (Å²) in [6, 6.07) is 6.09. The van der Waals surface area contributed by atoms with E-state index in [0.29, 0.717) is 24.7 Å². The number of carbonyl (C=O) groups excluding carboxylic acids is 1. The fourth-order valence-electron chi connectivity index (χ4n) is 4.25. The molecule has 1 aliphatic heterocycles. The van der Waals surface area contributed by atoms with Crippen molar-refractivity contribution in [2.75, 3.05) is 38.2 Å². The number of aromatic nitrogens is 3. The number of piperazine rings is 1. The van der Waals surface area contributed by atoms with Crippen molar-refractivity contribution in [3.63, 3.8) is 0 Å². The second-order valence-electron chi connectivity index (χ2n) is 7.51. The van der Waals surface area contributed by atoms with Gasteiger partial charge in [-0.3, -0.25) is 4.79 Å². The lowest BCUT2D eigenvalue weighted by Crippen LogP contribution is -2.48. The van der Waals surface area contributed by atoms with E-state index >= 15 is 0 Å². The fourth-order valence-corrected chi connectivity index (χ4v) is 4.25. The number of nitrogens with zero attached hydrogens (tertiary/aromatic N) is 5. The Morgan fingerprint density at radius 2 is 1.93 bits per heavy atom. The lowest BCUT2D eigenvalue weighted by Gasteiger charge is -2.35. The van der Waals surface area contributed by atoms with Gasteiger partial charge in [-0.05, 0) is 43.9 Å². The monoisotopic (exact) mass is 393 g/mol. The lowest BCUT2D eigenvalue weighted by molar-refractivity contribution is 0.0703. The van der Waals surface area contributed by atoms with E-state index in [0.717, 1.165) is 66.6 Å². The molecule has 8 heteroatoms. The van der Waals surface area contributed by atoms with Crippen LogP contribution in [0.1, 0.15) is 34.7 Å². The highest BCUT2D eigenvalue weighted by Gasteiger charge is 2.30. The third-order valence-electron chi connectivity index (χ3n) is 5.86. The Hall–Kier alpha value is -3.16. The minimum Gasteiger partial charge on any atom is -0.480 e. The van der Waals surface area contributed by atoms with Crippen molar-refractivity contribution in [2.24, 2.45) is 0 Å². The Bertz CT molecular complexity index is 1060. The topological polar surface area (TPSA) is 84.6 Å².